The van der Waals surface area contributed by atoms with Crippen molar-refractivity contribution in [2.24, 2.45) is 5.73 Å². The molecule has 0 aliphatic rings. The average Bonchev–Trinajstić information content (AvgIpc) is 3.01. The third-order valence-electron chi connectivity index (χ3n) is 4.30. The standard InChI is InChI=1S/C18H13ClF3N5O/c1-17(8-23,9-27-25-14-5-3-11(19)7-15(14)26-27)13-6-10(18(20,21)22)2-4-12(13)16(24)28/h2-7H,9H2,1H3,(H2,24,28). The van der Waals surface area contributed by atoms with Gasteiger partial charge in [-0.25, -0.2) is 0 Å². The fourth-order valence-corrected chi connectivity index (χ4v) is 3.02. The van der Waals surface area contributed by atoms with E-state index in [4.69, 9.17) is 17.3 Å². The molecule has 0 bridgehead atoms. The van der Waals surface area contributed by atoms with E-state index in [1.165, 1.54) is 11.7 Å². The first kappa shape index (κ1) is 19.6. The minimum atomic E-state index is -4.64. The van der Waals surface area contributed by atoms with Gasteiger partial charge in [-0.05, 0) is 48.9 Å². The summed E-state index contributed by atoms with van der Waals surface area (Å²) in [4.78, 5) is 12.9. The molecule has 0 aliphatic heterocycles. The number of nitrogens with zero attached hydrogens (tertiary/aromatic N) is 4. The van der Waals surface area contributed by atoms with E-state index >= 15 is 0 Å². The van der Waals surface area contributed by atoms with Crippen LogP contribution < -0.4 is 5.73 Å². The average molecular weight is 408 g/mol. The van der Waals surface area contributed by atoms with Gasteiger partial charge < -0.3 is 5.73 Å². The molecule has 6 nitrogen and oxygen atoms in total. The van der Waals surface area contributed by atoms with Gasteiger partial charge in [-0.3, -0.25) is 4.79 Å². The second kappa shape index (κ2) is 6.80. The van der Waals surface area contributed by atoms with Gasteiger partial charge >= 0.3 is 6.18 Å². The van der Waals surface area contributed by atoms with Crippen LogP contribution in [-0.2, 0) is 18.1 Å². The van der Waals surface area contributed by atoms with Gasteiger partial charge in [0.25, 0.3) is 0 Å². The molecule has 0 radical (unpaired) electrons. The number of amides is 1. The van der Waals surface area contributed by atoms with Gasteiger partial charge in [0.15, 0.2) is 0 Å². The Morgan fingerprint density at radius 2 is 1.89 bits per heavy atom. The molecule has 3 rings (SSSR count). The lowest BCUT2D eigenvalue weighted by Gasteiger charge is -2.24. The molecule has 2 N–H and O–H groups in total. The second-order valence-electron chi connectivity index (χ2n) is 6.43. The zero-order valence-corrected chi connectivity index (χ0v) is 15.2. The first-order valence-corrected chi connectivity index (χ1v) is 8.34. The van der Waals surface area contributed by atoms with Crippen molar-refractivity contribution in [3.8, 4) is 6.07 Å². The lowest BCUT2D eigenvalue weighted by molar-refractivity contribution is -0.137. The van der Waals surface area contributed by atoms with Gasteiger partial charge in [-0.2, -0.15) is 33.4 Å². The van der Waals surface area contributed by atoms with Crippen LogP contribution in [0.2, 0.25) is 5.02 Å². The van der Waals surface area contributed by atoms with E-state index in [1.54, 1.807) is 18.2 Å². The van der Waals surface area contributed by atoms with Crippen molar-refractivity contribution in [1.29, 1.82) is 5.26 Å². The Morgan fingerprint density at radius 3 is 2.50 bits per heavy atom. The first-order valence-electron chi connectivity index (χ1n) is 7.97. The molecule has 0 saturated carbocycles. The number of rotatable bonds is 4. The summed E-state index contributed by atoms with van der Waals surface area (Å²) in [6.07, 6.45) is -4.64. The zero-order valence-electron chi connectivity index (χ0n) is 14.5. The molecule has 1 unspecified atom stereocenters. The quantitative estimate of drug-likeness (QED) is 0.713. The fourth-order valence-electron chi connectivity index (χ4n) is 2.86. The number of carbonyl (C=O) groups is 1. The number of hydrogen-bond donors (Lipinski definition) is 1. The largest absolute Gasteiger partial charge is 0.416 e. The number of aromatic nitrogens is 3. The van der Waals surface area contributed by atoms with E-state index in [-0.39, 0.29) is 17.7 Å². The number of nitriles is 1. The number of alkyl halides is 3. The number of halogens is 4. The monoisotopic (exact) mass is 407 g/mol. The van der Waals surface area contributed by atoms with Crippen molar-refractivity contribution in [3.05, 3.63) is 58.1 Å². The minimum Gasteiger partial charge on any atom is -0.366 e. The predicted octanol–water partition coefficient (Wildman–Crippen LogP) is 3.68. The summed E-state index contributed by atoms with van der Waals surface area (Å²) in [6, 6.07) is 9.28. The summed E-state index contributed by atoms with van der Waals surface area (Å²) in [7, 11) is 0. The number of benzene rings is 2. The van der Waals surface area contributed by atoms with Crippen molar-refractivity contribution in [1.82, 2.24) is 15.0 Å². The lowest BCUT2D eigenvalue weighted by atomic mass is 9.80. The molecule has 2 aromatic carbocycles. The van der Waals surface area contributed by atoms with Crippen LogP contribution in [0.3, 0.4) is 0 Å². The maximum absolute atomic E-state index is 13.2. The Labute approximate surface area is 162 Å². The Bertz CT molecular complexity index is 1120. The lowest BCUT2D eigenvalue weighted by Crippen LogP contribution is -2.31. The third kappa shape index (κ3) is 3.64. The number of fused-ring (bicyclic) bond motifs is 1. The van der Waals surface area contributed by atoms with Crippen LogP contribution in [0.5, 0.6) is 0 Å². The van der Waals surface area contributed by atoms with E-state index in [9.17, 15) is 23.2 Å². The molecule has 1 amide bonds. The van der Waals surface area contributed by atoms with Gasteiger partial charge in [-0.1, -0.05) is 11.6 Å². The normalized spacial score (nSPS) is 13.9. The molecular weight excluding hydrogens is 395 g/mol. The Balaban J connectivity index is 2.11. The van der Waals surface area contributed by atoms with E-state index in [0.717, 1.165) is 18.2 Å². The second-order valence-corrected chi connectivity index (χ2v) is 6.87. The van der Waals surface area contributed by atoms with Crippen LogP contribution >= 0.6 is 11.6 Å². The molecule has 1 heterocycles. The highest BCUT2D eigenvalue weighted by Crippen LogP contribution is 2.35. The van der Waals surface area contributed by atoms with E-state index in [1.807, 2.05) is 6.07 Å². The van der Waals surface area contributed by atoms with Crippen LogP contribution in [0.1, 0.15) is 28.4 Å². The third-order valence-corrected chi connectivity index (χ3v) is 4.53. The van der Waals surface area contributed by atoms with Crippen molar-refractivity contribution in [2.75, 3.05) is 0 Å². The Kier molecular flexibility index (Phi) is 4.77. The van der Waals surface area contributed by atoms with Crippen molar-refractivity contribution < 1.29 is 18.0 Å². The molecule has 0 spiro atoms. The Morgan fingerprint density at radius 1 is 1.21 bits per heavy atom. The number of carbonyl (C=O) groups excluding carboxylic acids is 1. The SMILES string of the molecule is CC(C#N)(Cn1nc2ccc(Cl)cc2n1)c1cc(C(F)(F)F)ccc1C(N)=O. The minimum absolute atomic E-state index is 0.142. The van der Waals surface area contributed by atoms with E-state index in [0.29, 0.717) is 16.1 Å². The molecule has 0 aliphatic carbocycles. The molecule has 1 aromatic heterocycles. The molecule has 144 valence electrons. The van der Waals surface area contributed by atoms with Crippen molar-refractivity contribution in [2.45, 2.75) is 25.1 Å². The van der Waals surface area contributed by atoms with Gasteiger partial charge in [0.05, 0.1) is 18.2 Å². The van der Waals surface area contributed by atoms with E-state index < -0.39 is 23.1 Å². The molecule has 0 saturated heterocycles. The van der Waals surface area contributed by atoms with Crippen molar-refractivity contribution >= 4 is 28.5 Å². The molecule has 28 heavy (non-hydrogen) atoms. The van der Waals surface area contributed by atoms with E-state index in [2.05, 4.69) is 10.2 Å². The van der Waals surface area contributed by atoms with Crippen LogP contribution in [0.25, 0.3) is 11.0 Å². The summed E-state index contributed by atoms with van der Waals surface area (Å²) >= 11 is 5.91. The fraction of sp³-hybridized carbons (Fsp3) is 0.222. The number of nitrogens with two attached hydrogens (primary N) is 1. The van der Waals surface area contributed by atoms with Crippen molar-refractivity contribution in [3.63, 3.8) is 0 Å². The molecule has 3 aromatic rings. The number of hydrogen-bond acceptors (Lipinski definition) is 4. The maximum atomic E-state index is 13.2. The molecule has 1 atom stereocenters. The van der Waals surface area contributed by atoms with Gasteiger partial charge in [0.2, 0.25) is 5.91 Å². The maximum Gasteiger partial charge on any atom is 0.416 e. The summed E-state index contributed by atoms with van der Waals surface area (Å²) < 4.78 is 39.5. The zero-order chi connectivity index (χ0) is 20.7. The highest BCUT2D eigenvalue weighted by molar-refractivity contribution is 6.31. The van der Waals surface area contributed by atoms with Crippen LogP contribution in [-0.4, -0.2) is 20.9 Å². The van der Waals surface area contributed by atoms with Gasteiger partial charge in [-0.15, -0.1) is 0 Å². The highest BCUT2D eigenvalue weighted by atomic mass is 35.5. The summed E-state index contributed by atoms with van der Waals surface area (Å²) in [6.45, 7) is 1.20. The summed E-state index contributed by atoms with van der Waals surface area (Å²) in [5, 5.41) is 18.6. The Hall–Kier alpha value is -3.12. The van der Waals surface area contributed by atoms with Crippen LogP contribution in [0, 0.1) is 11.3 Å². The highest BCUT2D eigenvalue weighted by Gasteiger charge is 2.37. The predicted molar refractivity (Wildman–Crippen MR) is 95.5 cm³/mol. The first-order chi connectivity index (χ1) is 13.0. The number of primary amides is 1. The molecular formula is C18H13ClF3N5O. The smallest absolute Gasteiger partial charge is 0.366 e. The summed E-state index contributed by atoms with van der Waals surface area (Å²) in [5.41, 5.74) is 3.43. The van der Waals surface area contributed by atoms with Crippen LogP contribution in [0.4, 0.5) is 13.2 Å². The summed E-state index contributed by atoms with van der Waals surface area (Å²) in [5.74, 6) is -0.935. The topological polar surface area (TPSA) is 97.6 Å². The van der Waals surface area contributed by atoms with Gasteiger partial charge in [0.1, 0.15) is 16.4 Å². The van der Waals surface area contributed by atoms with Gasteiger partial charge in [0, 0.05) is 10.6 Å². The molecule has 10 heteroatoms. The molecule has 0 fully saturated rings. The van der Waals surface area contributed by atoms with Crippen LogP contribution in [0.15, 0.2) is 36.4 Å².